The molecule has 1 unspecified atom stereocenters. The van der Waals surface area contributed by atoms with Gasteiger partial charge in [-0.1, -0.05) is 34.6 Å². The van der Waals surface area contributed by atoms with E-state index >= 15 is 0 Å². The summed E-state index contributed by atoms with van der Waals surface area (Å²) in [5.74, 6) is 0.686. The van der Waals surface area contributed by atoms with E-state index in [-0.39, 0.29) is 0 Å². The molecule has 0 saturated carbocycles. The second kappa shape index (κ2) is 5.07. The molecule has 94 valence electrons. The fraction of sp³-hybridized carbons (Fsp3) is 0.923. The quantitative estimate of drug-likeness (QED) is 0.732. The molecule has 1 atom stereocenters. The molecule has 0 aromatic carbocycles. The molecule has 1 heterocycles. The molecule has 1 aliphatic heterocycles. The van der Waals surface area contributed by atoms with Gasteiger partial charge in [-0.3, -0.25) is 5.01 Å². The largest absolute Gasteiger partial charge is 0.339 e. The first-order chi connectivity index (χ1) is 7.33. The second-order valence-corrected chi connectivity index (χ2v) is 6.32. The molecule has 16 heavy (non-hydrogen) atoms. The molecule has 1 rings (SSSR count). The van der Waals surface area contributed by atoms with Crippen LogP contribution in [0.2, 0.25) is 0 Å². The van der Waals surface area contributed by atoms with Crippen LogP contribution >= 0.6 is 0 Å². The monoisotopic (exact) mass is 225 g/mol. The average molecular weight is 225 g/mol. The van der Waals surface area contributed by atoms with Crippen molar-refractivity contribution in [1.29, 1.82) is 0 Å². The third kappa shape index (κ3) is 3.69. The van der Waals surface area contributed by atoms with Crippen LogP contribution in [-0.4, -0.2) is 35.5 Å². The van der Waals surface area contributed by atoms with Gasteiger partial charge in [0.15, 0.2) is 0 Å². The van der Waals surface area contributed by atoms with Gasteiger partial charge in [0.25, 0.3) is 0 Å². The van der Waals surface area contributed by atoms with E-state index in [4.69, 9.17) is 0 Å². The zero-order chi connectivity index (χ0) is 12.3. The Bertz CT molecular complexity index is 240. The summed E-state index contributed by atoms with van der Waals surface area (Å²) in [6, 6.07) is 0. The normalized spacial score (nSPS) is 21.3. The number of hydrogen-bond donors (Lipinski definition) is 0. The minimum absolute atomic E-state index is 0.348. The van der Waals surface area contributed by atoms with Gasteiger partial charge in [-0.2, -0.15) is 5.10 Å². The lowest BCUT2D eigenvalue weighted by molar-refractivity contribution is 0.0872. The van der Waals surface area contributed by atoms with Crippen molar-refractivity contribution in [3.05, 3.63) is 0 Å². The van der Waals surface area contributed by atoms with E-state index in [1.54, 1.807) is 0 Å². The van der Waals surface area contributed by atoms with Crippen molar-refractivity contribution in [3.63, 3.8) is 0 Å². The van der Waals surface area contributed by atoms with Gasteiger partial charge in [0.1, 0.15) is 12.5 Å². The summed E-state index contributed by atoms with van der Waals surface area (Å²) in [5.41, 5.74) is 0.348. The summed E-state index contributed by atoms with van der Waals surface area (Å²) in [6.07, 6.45) is 3.63. The topological polar surface area (TPSA) is 18.8 Å². The molecular weight excluding hydrogens is 198 g/mol. The molecule has 0 fully saturated rings. The number of rotatable bonds is 4. The highest BCUT2D eigenvalue weighted by Crippen LogP contribution is 2.27. The molecule has 1 aliphatic rings. The highest BCUT2D eigenvalue weighted by atomic mass is 15.6. The molecule has 0 aliphatic carbocycles. The Morgan fingerprint density at radius 2 is 1.94 bits per heavy atom. The van der Waals surface area contributed by atoms with Gasteiger partial charge in [0.2, 0.25) is 0 Å². The molecule has 0 amide bonds. The van der Waals surface area contributed by atoms with Crippen molar-refractivity contribution in [3.8, 4) is 0 Å². The molecule has 3 nitrogen and oxygen atoms in total. The molecule has 0 bridgehead atoms. The van der Waals surface area contributed by atoms with Gasteiger partial charge in [0.05, 0.1) is 0 Å². The minimum atomic E-state index is 0.348. The molecule has 0 radical (unpaired) electrons. The number of hydrogen-bond acceptors (Lipinski definition) is 3. The molecule has 0 N–H and O–H groups in total. The Morgan fingerprint density at radius 1 is 1.31 bits per heavy atom. The third-order valence-electron chi connectivity index (χ3n) is 2.77. The fourth-order valence-electron chi connectivity index (χ4n) is 2.11. The van der Waals surface area contributed by atoms with Crippen LogP contribution in [0.25, 0.3) is 0 Å². The number of nitrogens with zero attached hydrogens (tertiary/aromatic N) is 3. The Hall–Kier alpha value is -0.730. The summed E-state index contributed by atoms with van der Waals surface area (Å²) in [7, 11) is 0. The lowest BCUT2D eigenvalue weighted by atomic mass is 9.90. The van der Waals surface area contributed by atoms with Crippen LogP contribution in [0.5, 0.6) is 0 Å². The maximum absolute atomic E-state index is 4.49. The SMILES string of the molecule is CCN1N=CN(CC(C)C)C1CC(C)(C)C. The predicted octanol–water partition coefficient (Wildman–Crippen LogP) is 2.99. The van der Waals surface area contributed by atoms with Crippen LogP contribution in [0.4, 0.5) is 0 Å². The number of hydrazone groups is 1. The Labute approximate surface area is 100 Å². The molecule has 0 spiro atoms. The zero-order valence-corrected chi connectivity index (χ0v) is 11.7. The van der Waals surface area contributed by atoms with Crippen LogP contribution in [0.15, 0.2) is 5.10 Å². The van der Waals surface area contributed by atoms with E-state index in [0.717, 1.165) is 19.5 Å². The van der Waals surface area contributed by atoms with Crippen molar-refractivity contribution in [1.82, 2.24) is 9.91 Å². The van der Waals surface area contributed by atoms with Gasteiger partial charge >= 0.3 is 0 Å². The van der Waals surface area contributed by atoms with Crippen molar-refractivity contribution in [2.45, 2.75) is 54.1 Å². The third-order valence-corrected chi connectivity index (χ3v) is 2.77. The highest BCUT2D eigenvalue weighted by Gasteiger charge is 2.30. The lowest BCUT2D eigenvalue weighted by Gasteiger charge is -2.35. The van der Waals surface area contributed by atoms with Gasteiger partial charge < -0.3 is 4.90 Å². The predicted molar refractivity (Wildman–Crippen MR) is 70.3 cm³/mol. The maximum Gasteiger partial charge on any atom is 0.119 e. The minimum Gasteiger partial charge on any atom is -0.339 e. The molecular formula is C13H27N3. The van der Waals surface area contributed by atoms with Crippen molar-refractivity contribution >= 4 is 6.34 Å². The first kappa shape index (κ1) is 13.3. The van der Waals surface area contributed by atoms with Gasteiger partial charge in [-0.25, -0.2) is 0 Å². The smallest absolute Gasteiger partial charge is 0.119 e. The van der Waals surface area contributed by atoms with E-state index in [2.05, 4.69) is 56.6 Å². The standard InChI is InChI=1S/C13H27N3/c1-7-16-12(8-13(4,5)6)15(10-14-16)9-11(2)3/h10-12H,7-9H2,1-6H3. The van der Waals surface area contributed by atoms with Crippen molar-refractivity contribution in [2.75, 3.05) is 13.1 Å². The van der Waals surface area contributed by atoms with Gasteiger partial charge in [0, 0.05) is 13.1 Å². The van der Waals surface area contributed by atoms with Gasteiger partial charge in [-0.05, 0) is 24.7 Å². The first-order valence-electron chi connectivity index (χ1n) is 6.40. The molecule has 0 saturated heterocycles. The van der Waals surface area contributed by atoms with E-state index in [9.17, 15) is 0 Å². The van der Waals surface area contributed by atoms with E-state index < -0.39 is 0 Å². The van der Waals surface area contributed by atoms with E-state index in [1.807, 2.05) is 6.34 Å². The van der Waals surface area contributed by atoms with Crippen LogP contribution in [0.1, 0.15) is 48.0 Å². The maximum atomic E-state index is 4.49. The Kier molecular flexibility index (Phi) is 4.22. The van der Waals surface area contributed by atoms with Crippen LogP contribution in [-0.2, 0) is 0 Å². The molecule has 3 heteroatoms. The van der Waals surface area contributed by atoms with E-state index in [0.29, 0.717) is 17.5 Å². The van der Waals surface area contributed by atoms with Crippen molar-refractivity contribution in [2.24, 2.45) is 16.4 Å². The Balaban J connectivity index is 2.66. The van der Waals surface area contributed by atoms with Crippen LogP contribution < -0.4 is 0 Å². The van der Waals surface area contributed by atoms with Crippen LogP contribution in [0, 0.1) is 11.3 Å². The zero-order valence-electron chi connectivity index (χ0n) is 11.7. The second-order valence-electron chi connectivity index (χ2n) is 6.32. The fourth-order valence-corrected chi connectivity index (χ4v) is 2.11. The molecule has 0 aromatic heterocycles. The van der Waals surface area contributed by atoms with E-state index in [1.165, 1.54) is 0 Å². The van der Waals surface area contributed by atoms with Gasteiger partial charge in [-0.15, -0.1) is 0 Å². The first-order valence-corrected chi connectivity index (χ1v) is 6.40. The Morgan fingerprint density at radius 3 is 2.38 bits per heavy atom. The average Bonchev–Trinajstić information content (AvgIpc) is 2.45. The summed E-state index contributed by atoms with van der Waals surface area (Å²) in [6.45, 7) is 15.7. The van der Waals surface area contributed by atoms with Crippen molar-refractivity contribution < 1.29 is 0 Å². The summed E-state index contributed by atoms with van der Waals surface area (Å²) < 4.78 is 0. The molecule has 0 aromatic rings. The highest BCUT2D eigenvalue weighted by molar-refractivity contribution is 5.57. The summed E-state index contributed by atoms with van der Waals surface area (Å²) >= 11 is 0. The summed E-state index contributed by atoms with van der Waals surface area (Å²) in [4.78, 5) is 2.39. The lowest BCUT2D eigenvalue weighted by Crippen LogP contribution is -2.43. The summed E-state index contributed by atoms with van der Waals surface area (Å²) in [5, 5.41) is 6.69. The van der Waals surface area contributed by atoms with Crippen LogP contribution in [0.3, 0.4) is 0 Å².